The molecule has 0 saturated heterocycles. The summed E-state index contributed by atoms with van der Waals surface area (Å²) in [6.45, 7) is 0. The van der Waals surface area contributed by atoms with Crippen LogP contribution in [0.1, 0.15) is 34.7 Å². The standard InChI is InChI=1S/C13H11Cl3N4O/c14-8-7(5-1-2-5)9(15)12(10(16)11(8)17)20-13(21)6-3-18-19-4-6/h3-5H,1-2,17H2,(H,18,19)(H,20,21). The maximum atomic E-state index is 12.1. The van der Waals surface area contributed by atoms with E-state index in [0.717, 1.165) is 18.4 Å². The zero-order valence-electron chi connectivity index (χ0n) is 10.7. The van der Waals surface area contributed by atoms with Gasteiger partial charge in [-0.15, -0.1) is 0 Å². The number of nitrogens with two attached hydrogens (primary N) is 1. The molecule has 2 aromatic rings. The lowest BCUT2D eigenvalue weighted by Crippen LogP contribution is -2.13. The van der Waals surface area contributed by atoms with E-state index in [1.165, 1.54) is 12.4 Å². The molecule has 3 rings (SSSR count). The predicted octanol–water partition coefficient (Wildman–Crippen LogP) is 4.08. The van der Waals surface area contributed by atoms with Gasteiger partial charge in [-0.2, -0.15) is 5.10 Å². The quantitative estimate of drug-likeness (QED) is 0.733. The molecule has 110 valence electrons. The molecule has 0 unspecified atom stereocenters. The van der Waals surface area contributed by atoms with Crippen molar-refractivity contribution in [1.82, 2.24) is 10.2 Å². The second-order valence-electron chi connectivity index (χ2n) is 4.86. The number of carbonyl (C=O) groups excluding carboxylic acids is 1. The molecule has 1 aromatic heterocycles. The van der Waals surface area contributed by atoms with E-state index in [2.05, 4.69) is 15.5 Å². The summed E-state index contributed by atoms with van der Waals surface area (Å²) in [5.74, 6) is -0.106. The number of nitrogens with zero attached hydrogens (tertiary/aromatic N) is 1. The van der Waals surface area contributed by atoms with Gasteiger partial charge in [-0.25, -0.2) is 0 Å². The van der Waals surface area contributed by atoms with E-state index in [9.17, 15) is 4.79 Å². The SMILES string of the molecule is Nc1c(Cl)c(NC(=O)c2cn[nH]c2)c(Cl)c(C2CC2)c1Cl. The number of benzene rings is 1. The van der Waals surface area contributed by atoms with Crippen molar-refractivity contribution in [3.8, 4) is 0 Å². The summed E-state index contributed by atoms with van der Waals surface area (Å²) in [4.78, 5) is 12.1. The number of hydrogen-bond acceptors (Lipinski definition) is 3. The van der Waals surface area contributed by atoms with Gasteiger partial charge in [0, 0.05) is 6.20 Å². The van der Waals surface area contributed by atoms with Crippen LogP contribution in [0.25, 0.3) is 0 Å². The van der Waals surface area contributed by atoms with Crippen molar-refractivity contribution in [2.75, 3.05) is 11.1 Å². The van der Waals surface area contributed by atoms with Crippen LogP contribution in [0, 0.1) is 0 Å². The Morgan fingerprint density at radius 2 is 2.00 bits per heavy atom. The van der Waals surface area contributed by atoms with Gasteiger partial charge in [0.2, 0.25) is 0 Å². The first kappa shape index (κ1) is 14.5. The van der Waals surface area contributed by atoms with Gasteiger partial charge in [0.15, 0.2) is 0 Å². The molecule has 1 heterocycles. The Balaban J connectivity index is 2.03. The fraction of sp³-hybridized carbons (Fsp3) is 0.231. The topological polar surface area (TPSA) is 83.8 Å². The van der Waals surface area contributed by atoms with Crippen molar-refractivity contribution in [1.29, 1.82) is 0 Å². The van der Waals surface area contributed by atoms with E-state index in [1.807, 2.05) is 0 Å². The minimum Gasteiger partial charge on any atom is -0.396 e. The first-order chi connectivity index (χ1) is 10.0. The van der Waals surface area contributed by atoms with Crippen LogP contribution in [0.15, 0.2) is 12.4 Å². The maximum Gasteiger partial charge on any atom is 0.258 e. The summed E-state index contributed by atoms with van der Waals surface area (Å²) in [6.07, 6.45) is 4.86. The maximum absolute atomic E-state index is 12.1. The minimum atomic E-state index is -0.379. The van der Waals surface area contributed by atoms with Crippen molar-refractivity contribution in [3.05, 3.63) is 38.6 Å². The number of halogens is 3. The van der Waals surface area contributed by atoms with Crippen molar-refractivity contribution in [3.63, 3.8) is 0 Å². The Bertz CT molecular complexity index is 711. The first-order valence-corrected chi connectivity index (χ1v) is 7.40. The summed E-state index contributed by atoms with van der Waals surface area (Å²) < 4.78 is 0. The third kappa shape index (κ3) is 2.57. The molecular weight excluding hydrogens is 335 g/mol. The summed E-state index contributed by atoms with van der Waals surface area (Å²) in [7, 11) is 0. The molecule has 1 fully saturated rings. The fourth-order valence-electron chi connectivity index (χ4n) is 2.10. The molecule has 21 heavy (non-hydrogen) atoms. The minimum absolute atomic E-state index is 0.145. The van der Waals surface area contributed by atoms with Crippen LogP contribution in [-0.4, -0.2) is 16.1 Å². The lowest BCUT2D eigenvalue weighted by Gasteiger charge is -2.16. The van der Waals surface area contributed by atoms with Gasteiger partial charge in [-0.05, 0) is 24.3 Å². The highest BCUT2D eigenvalue weighted by molar-refractivity contribution is 6.46. The summed E-state index contributed by atoms with van der Waals surface area (Å²) >= 11 is 18.8. The first-order valence-electron chi connectivity index (χ1n) is 6.26. The van der Waals surface area contributed by atoms with Crippen LogP contribution in [0.5, 0.6) is 0 Å². The number of nitrogen functional groups attached to an aromatic ring is 1. The molecule has 0 aliphatic heterocycles. The second kappa shape index (κ2) is 5.40. The molecule has 0 bridgehead atoms. The number of amides is 1. The highest BCUT2D eigenvalue weighted by Crippen LogP contribution is 2.53. The predicted molar refractivity (Wildman–Crippen MR) is 84.4 cm³/mol. The molecule has 1 saturated carbocycles. The number of hydrogen-bond donors (Lipinski definition) is 3. The van der Waals surface area contributed by atoms with Gasteiger partial charge in [0.25, 0.3) is 5.91 Å². The Labute approximate surface area is 135 Å². The van der Waals surface area contributed by atoms with Crippen LogP contribution in [0.4, 0.5) is 11.4 Å². The Hall–Kier alpha value is -1.43. The molecule has 1 aromatic carbocycles. The highest BCUT2D eigenvalue weighted by Gasteiger charge is 2.32. The normalized spacial score (nSPS) is 14.2. The van der Waals surface area contributed by atoms with E-state index in [0.29, 0.717) is 15.6 Å². The number of nitrogens with one attached hydrogen (secondary N) is 2. The lowest BCUT2D eigenvalue weighted by molar-refractivity contribution is 0.102. The van der Waals surface area contributed by atoms with Crippen LogP contribution in [0.2, 0.25) is 15.1 Å². The molecule has 0 atom stereocenters. The molecule has 1 amide bonds. The van der Waals surface area contributed by atoms with E-state index in [-0.39, 0.29) is 28.2 Å². The van der Waals surface area contributed by atoms with Crippen LogP contribution in [0.3, 0.4) is 0 Å². The third-order valence-electron chi connectivity index (χ3n) is 3.37. The average Bonchev–Trinajstić information content (AvgIpc) is 3.13. The van der Waals surface area contributed by atoms with Crippen LogP contribution < -0.4 is 11.1 Å². The van der Waals surface area contributed by atoms with E-state index in [1.54, 1.807) is 0 Å². The van der Waals surface area contributed by atoms with Crippen LogP contribution >= 0.6 is 34.8 Å². The number of aromatic amines is 1. The molecule has 4 N–H and O–H groups in total. The number of rotatable bonds is 3. The number of aromatic nitrogens is 2. The second-order valence-corrected chi connectivity index (χ2v) is 5.99. The number of anilines is 2. The molecule has 5 nitrogen and oxygen atoms in total. The van der Waals surface area contributed by atoms with Crippen molar-refractivity contribution in [2.24, 2.45) is 0 Å². The van der Waals surface area contributed by atoms with Gasteiger partial charge >= 0.3 is 0 Å². The van der Waals surface area contributed by atoms with Gasteiger partial charge in [-0.1, -0.05) is 34.8 Å². The Kier molecular flexibility index (Phi) is 3.73. The monoisotopic (exact) mass is 344 g/mol. The smallest absolute Gasteiger partial charge is 0.258 e. The van der Waals surface area contributed by atoms with E-state index < -0.39 is 0 Å². The van der Waals surface area contributed by atoms with Crippen molar-refractivity contribution >= 4 is 52.1 Å². The third-order valence-corrected chi connectivity index (χ3v) is 4.56. The largest absolute Gasteiger partial charge is 0.396 e. The molecule has 8 heteroatoms. The zero-order valence-corrected chi connectivity index (χ0v) is 13.0. The summed E-state index contributed by atoms with van der Waals surface area (Å²) in [6, 6.07) is 0. The van der Waals surface area contributed by atoms with Crippen LogP contribution in [-0.2, 0) is 0 Å². The Morgan fingerprint density at radius 3 is 2.57 bits per heavy atom. The van der Waals surface area contributed by atoms with Crippen molar-refractivity contribution < 1.29 is 4.79 Å². The van der Waals surface area contributed by atoms with E-state index in [4.69, 9.17) is 40.5 Å². The molecule has 0 radical (unpaired) electrons. The average molecular weight is 346 g/mol. The lowest BCUT2D eigenvalue weighted by atomic mass is 10.1. The van der Waals surface area contributed by atoms with Gasteiger partial charge in [-0.3, -0.25) is 9.89 Å². The Morgan fingerprint density at radius 1 is 1.29 bits per heavy atom. The van der Waals surface area contributed by atoms with Gasteiger partial charge in [0.1, 0.15) is 0 Å². The fourth-order valence-corrected chi connectivity index (χ4v) is 3.22. The molecular formula is C13H11Cl3N4O. The molecule has 1 aliphatic carbocycles. The van der Waals surface area contributed by atoms with E-state index >= 15 is 0 Å². The zero-order chi connectivity index (χ0) is 15.1. The van der Waals surface area contributed by atoms with Crippen molar-refractivity contribution in [2.45, 2.75) is 18.8 Å². The highest BCUT2D eigenvalue weighted by atomic mass is 35.5. The van der Waals surface area contributed by atoms with Gasteiger partial charge in [0.05, 0.1) is 38.2 Å². The number of carbonyl (C=O) groups is 1. The summed E-state index contributed by atoms with van der Waals surface area (Å²) in [5.41, 5.74) is 7.55. The molecule has 1 aliphatic rings. The summed E-state index contributed by atoms with van der Waals surface area (Å²) in [5, 5.41) is 9.81. The molecule has 0 spiro atoms. The van der Waals surface area contributed by atoms with Gasteiger partial charge < -0.3 is 11.1 Å². The number of H-pyrrole nitrogens is 1.